The van der Waals surface area contributed by atoms with Crippen molar-refractivity contribution in [2.45, 2.75) is 6.42 Å². The highest BCUT2D eigenvalue weighted by atomic mass is 35.5. The number of pyridine rings is 1. The average molecular weight is 414 g/mol. The molecule has 0 amide bonds. The molecular formula is C22H24ClN3O3. The molecule has 4 rings (SSSR count). The third-order valence-electron chi connectivity index (χ3n) is 5.29. The first-order chi connectivity index (χ1) is 14.1. The van der Waals surface area contributed by atoms with Crippen LogP contribution in [0.15, 0.2) is 42.7 Å². The lowest BCUT2D eigenvalue weighted by Gasteiger charge is -2.25. The van der Waals surface area contributed by atoms with Crippen molar-refractivity contribution in [2.75, 3.05) is 40.5 Å². The SMILES string of the molecule is COc1cc(OC)c(-c2cn3ccc(C4=CCN(CCO)CC4)cc3n2)cc1Cl. The maximum Gasteiger partial charge on any atom is 0.141 e. The number of aromatic nitrogens is 2. The minimum absolute atomic E-state index is 0.199. The molecule has 0 radical (unpaired) electrons. The second-order valence-corrected chi connectivity index (χ2v) is 7.40. The Balaban J connectivity index is 1.67. The van der Waals surface area contributed by atoms with Crippen LogP contribution in [-0.4, -0.2) is 59.9 Å². The molecule has 0 saturated heterocycles. The topological polar surface area (TPSA) is 59.2 Å². The van der Waals surface area contributed by atoms with Gasteiger partial charge in [-0.05, 0) is 35.8 Å². The molecule has 0 aliphatic carbocycles. The fourth-order valence-electron chi connectivity index (χ4n) is 3.69. The van der Waals surface area contributed by atoms with Gasteiger partial charge in [-0.3, -0.25) is 4.90 Å². The second-order valence-electron chi connectivity index (χ2n) is 7.00. The molecule has 0 saturated carbocycles. The predicted molar refractivity (Wildman–Crippen MR) is 115 cm³/mol. The van der Waals surface area contributed by atoms with E-state index in [4.69, 9.17) is 31.2 Å². The molecule has 29 heavy (non-hydrogen) atoms. The smallest absolute Gasteiger partial charge is 0.141 e. The van der Waals surface area contributed by atoms with E-state index in [1.165, 1.54) is 11.1 Å². The minimum atomic E-state index is 0.199. The molecular weight excluding hydrogens is 390 g/mol. The molecule has 2 aromatic heterocycles. The van der Waals surface area contributed by atoms with Gasteiger partial charge in [-0.15, -0.1) is 0 Å². The van der Waals surface area contributed by atoms with Crippen molar-refractivity contribution in [3.8, 4) is 22.8 Å². The normalized spacial score (nSPS) is 14.8. The van der Waals surface area contributed by atoms with Gasteiger partial charge in [0.05, 0.1) is 31.5 Å². The highest BCUT2D eigenvalue weighted by Crippen LogP contribution is 2.38. The number of fused-ring (bicyclic) bond motifs is 1. The fourth-order valence-corrected chi connectivity index (χ4v) is 3.93. The Kier molecular flexibility index (Phi) is 5.76. The third-order valence-corrected chi connectivity index (χ3v) is 5.59. The summed E-state index contributed by atoms with van der Waals surface area (Å²) in [6, 6.07) is 7.82. The van der Waals surface area contributed by atoms with Gasteiger partial charge in [0.1, 0.15) is 17.1 Å². The van der Waals surface area contributed by atoms with Crippen LogP contribution in [0.3, 0.4) is 0 Å². The summed E-state index contributed by atoms with van der Waals surface area (Å²) >= 11 is 6.33. The molecule has 0 spiro atoms. The van der Waals surface area contributed by atoms with Crippen LogP contribution in [-0.2, 0) is 0 Å². The van der Waals surface area contributed by atoms with Gasteiger partial charge in [0.15, 0.2) is 0 Å². The highest BCUT2D eigenvalue weighted by molar-refractivity contribution is 6.32. The summed E-state index contributed by atoms with van der Waals surface area (Å²) in [5, 5.41) is 9.62. The molecule has 0 atom stereocenters. The summed E-state index contributed by atoms with van der Waals surface area (Å²) in [6.07, 6.45) is 7.20. The summed E-state index contributed by atoms with van der Waals surface area (Å²) in [5.41, 5.74) is 4.97. The molecule has 1 aliphatic heterocycles. The second kappa shape index (κ2) is 8.45. The van der Waals surface area contributed by atoms with Crippen LogP contribution in [0.4, 0.5) is 0 Å². The Labute approximate surface area is 174 Å². The zero-order valence-corrected chi connectivity index (χ0v) is 17.3. The van der Waals surface area contributed by atoms with Crippen LogP contribution in [0.1, 0.15) is 12.0 Å². The van der Waals surface area contributed by atoms with E-state index in [9.17, 15) is 0 Å². The molecule has 1 aromatic carbocycles. The lowest BCUT2D eigenvalue weighted by Crippen LogP contribution is -2.31. The standard InChI is InChI=1S/C22H24ClN3O3/c1-28-20-13-21(29-2)18(23)12-17(20)19-14-26-8-5-16(11-22(26)24-19)15-3-6-25(7-4-15)9-10-27/h3,5,8,11-14,27H,4,6-7,9-10H2,1-2H3. The van der Waals surface area contributed by atoms with Crippen molar-refractivity contribution in [3.63, 3.8) is 0 Å². The van der Waals surface area contributed by atoms with Crippen LogP contribution >= 0.6 is 11.6 Å². The van der Waals surface area contributed by atoms with Gasteiger partial charge >= 0.3 is 0 Å². The molecule has 0 bridgehead atoms. The van der Waals surface area contributed by atoms with E-state index in [0.29, 0.717) is 16.5 Å². The van der Waals surface area contributed by atoms with Crippen molar-refractivity contribution >= 4 is 22.8 Å². The third kappa shape index (κ3) is 3.96. The molecule has 3 heterocycles. The lowest BCUT2D eigenvalue weighted by molar-refractivity contribution is 0.208. The van der Waals surface area contributed by atoms with Gasteiger partial charge in [0.25, 0.3) is 0 Å². The van der Waals surface area contributed by atoms with Crippen LogP contribution in [0, 0.1) is 0 Å². The Morgan fingerprint density at radius 3 is 2.69 bits per heavy atom. The summed E-state index contributed by atoms with van der Waals surface area (Å²) in [5.74, 6) is 1.23. The number of hydrogen-bond acceptors (Lipinski definition) is 5. The number of nitrogens with zero attached hydrogens (tertiary/aromatic N) is 3. The largest absolute Gasteiger partial charge is 0.496 e. The number of ether oxygens (including phenoxy) is 2. The molecule has 1 N–H and O–H groups in total. The number of aliphatic hydroxyl groups is 1. The Morgan fingerprint density at radius 1 is 1.17 bits per heavy atom. The highest BCUT2D eigenvalue weighted by Gasteiger charge is 2.16. The minimum Gasteiger partial charge on any atom is -0.496 e. The van der Waals surface area contributed by atoms with E-state index in [-0.39, 0.29) is 6.61 Å². The molecule has 1 aliphatic rings. The summed E-state index contributed by atoms with van der Waals surface area (Å²) < 4.78 is 12.8. The number of imidazole rings is 1. The van der Waals surface area contributed by atoms with Crippen LogP contribution < -0.4 is 9.47 Å². The summed E-state index contributed by atoms with van der Waals surface area (Å²) in [7, 11) is 3.20. The number of halogens is 1. The monoisotopic (exact) mass is 413 g/mol. The predicted octanol–water partition coefficient (Wildman–Crippen LogP) is 3.75. The number of methoxy groups -OCH3 is 2. The van der Waals surface area contributed by atoms with Gasteiger partial charge in [-0.25, -0.2) is 4.98 Å². The van der Waals surface area contributed by atoms with E-state index in [2.05, 4.69) is 23.1 Å². The quantitative estimate of drug-likeness (QED) is 0.666. The average Bonchev–Trinajstić information content (AvgIpc) is 3.17. The lowest BCUT2D eigenvalue weighted by atomic mass is 10.0. The van der Waals surface area contributed by atoms with E-state index in [1.54, 1.807) is 20.3 Å². The maximum atomic E-state index is 9.10. The van der Waals surface area contributed by atoms with E-state index in [0.717, 1.165) is 43.0 Å². The number of aliphatic hydroxyl groups excluding tert-OH is 1. The van der Waals surface area contributed by atoms with Crippen molar-refractivity contribution in [3.05, 3.63) is 53.3 Å². The van der Waals surface area contributed by atoms with E-state index in [1.807, 2.05) is 22.9 Å². The maximum absolute atomic E-state index is 9.10. The zero-order chi connectivity index (χ0) is 20.4. The Bertz CT molecular complexity index is 1060. The summed E-state index contributed by atoms with van der Waals surface area (Å²) in [6.45, 7) is 2.74. The molecule has 0 fully saturated rings. The van der Waals surface area contributed by atoms with Gasteiger partial charge in [0.2, 0.25) is 0 Å². The van der Waals surface area contributed by atoms with Crippen LogP contribution in [0.5, 0.6) is 11.5 Å². The number of hydrogen-bond donors (Lipinski definition) is 1. The van der Waals surface area contributed by atoms with Crippen LogP contribution in [0.25, 0.3) is 22.5 Å². The summed E-state index contributed by atoms with van der Waals surface area (Å²) in [4.78, 5) is 7.05. The van der Waals surface area contributed by atoms with Crippen molar-refractivity contribution in [2.24, 2.45) is 0 Å². The molecule has 3 aromatic rings. The first-order valence-corrected chi connectivity index (χ1v) is 9.94. The van der Waals surface area contributed by atoms with Crippen molar-refractivity contribution < 1.29 is 14.6 Å². The van der Waals surface area contributed by atoms with E-state index >= 15 is 0 Å². The van der Waals surface area contributed by atoms with E-state index < -0.39 is 0 Å². The van der Waals surface area contributed by atoms with Crippen molar-refractivity contribution in [1.82, 2.24) is 14.3 Å². The van der Waals surface area contributed by atoms with Gasteiger partial charge < -0.3 is 19.0 Å². The number of rotatable bonds is 6. The van der Waals surface area contributed by atoms with Gasteiger partial charge in [-0.2, -0.15) is 0 Å². The first kappa shape index (κ1) is 19.8. The molecule has 152 valence electrons. The zero-order valence-electron chi connectivity index (χ0n) is 16.6. The van der Waals surface area contributed by atoms with Crippen molar-refractivity contribution in [1.29, 1.82) is 0 Å². The van der Waals surface area contributed by atoms with Gasteiger partial charge in [0, 0.05) is 43.7 Å². The number of benzene rings is 1. The fraction of sp³-hybridized carbons (Fsp3) is 0.318. The molecule has 7 heteroatoms. The Hall–Kier alpha value is -2.54. The molecule has 0 unspecified atom stereocenters. The number of β-amino-alcohol motifs (C(OH)–C–C–N with tert-alkyl or cyclic N) is 1. The Morgan fingerprint density at radius 2 is 2.00 bits per heavy atom. The van der Waals surface area contributed by atoms with Crippen LogP contribution in [0.2, 0.25) is 5.02 Å². The van der Waals surface area contributed by atoms with Gasteiger partial charge in [-0.1, -0.05) is 17.7 Å². The first-order valence-electron chi connectivity index (χ1n) is 9.56. The molecule has 6 nitrogen and oxygen atoms in total.